The Bertz CT molecular complexity index is 815. The minimum Gasteiger partial charge on any atom is -0.493 e. The van der Waals surface area contributed by atoms with E-state index in [1.54, 1.807) is 12.1 Å². The van der Waals surface area contributed by atoms with Crippen molar-refractivity contribution in [3.05, 3.63) is 59.7 Å². The van der Waals surface area contributed by atoms with Crippen LogP contribution in [-0.2, 0) is 14.8 Å². The number of primary sulfonamides is 1. The van der Waals surface area contributed by atoms with Crippen LogP contribution >= 0.6 is 0 Å². The average Bonchev–Trinajstić information content (AvgIpc) is 2.56. The van der Waals surface area contributed by atoms with Crippen molar-refractivity contribution in [1.82, 2.24) is 5.32 Å². The highest BCUT2D eigenvalue weighted by Gasteiger charge is 2.12. The molecule has 0 aliphatic rings. The quantitative estimate of drug-likeness (QED) is 0.789. The molecule has 0 aliphatic carbocycles. The van der Waals surface area contributed by atoms with Gasteiger partial charge in [-0.15, -0.1) is 0 Å². The van der Waals surface area contributed by atoms with E-state index in [0.29, 0.717) is 0 Å². The van der Waals surface area contributed by atoms with Gasteiger partial charge in [-0.1, -0.05) is 29.8 Å². The van der Waals surface area contributed by atoms with Crippen LogP contribution in [0.4, 0.5) is 0 Å². The Labute approximate surface area is 148 Å². The Morgan fingerprint density at radius 2 is 1.72 bits per heavy atom. The van der Waals surface area contributed by atoms with Gasteiger partial charge in [0.25, 0.3) is 0 Å². The molecular formula is C18H22N2O4S. The van der Waals surface area contributed by atoms with Gasteiger partial charge in [-0.3, -0.25) is 4.79 Å². The van der Waals surface area contributed by atoms with E-state index < -0.39 is 10.0 Å². The third-order valence-electron chi connectivity index (χ3n) is 3.70. The van der Waals surface area contributed by atoms with Gasteiger partial charge < -0.3 is 10.1 Å². The third kappa shape index (κ3) is 5.88. The van der Waals surface area contributed by atoms with E-state index in [9.17, 15) is 13.2 Å². The summed E-state index contributed by atoms with van der Waals surface area (Å²) in [5.41, 5.74) is 1.94. The summed E-state index contributed by atoms with van der Waals surface area (Å²) in [6.45, 7) is 4.10. The van der Waals surface area contributed by atoms with Crippen LogP contribution in [0.3, 0.4) is 0 Å². The van der Waals surface area contributed by atoms with Gasteiger partial charge in [-0.2, -0.15) is 0 Å². The van der Waals surface area contributed by atoms with E-state index >= 15 is 0 Å². The highest BCUT2D eigenvalue weighted by molar-refractivity contribution is 7.89. The molecule has 2 aromatic rings. The molecule has 0 fully saturated rings. The predicted molar refractivity (Wildman–Crippen MR) is 95.7 cm³/mol. The molecule has 0 aromatic heterocycles. The Kier molecular flexibility index (Phi) is 6.17. The zero-order valence-electron chi connectivity index (χ0n) is 14.2. The van der Waals surface area contributed by atoms with E-state index in [1.807, 2.05) is 38.1 Å². The van der Waals surface area contributed by atoms with Crippen LogP contribution in [0.1, 0.15) is 30.5 Å². The number of hydrogen-bond donors (Lipinski definition) is 2. The van der Waals surface area contributed by atoms with E-state index in [0.717, 1.165) is 16.9 Å². The van der Waals surface area contributed by atoms with E-state index in [1.165, 1.54) is 12.1 Å². The number of sulfonamides is 1. The molecule has 0 saturated heterocycles. The molecular weight excluding hydrogens is 340 g/mol. The first-order chi connectivity index (χ1) is 11.8. The molecule has 2 aromatic carbocycles. The van der Waals surface area contributed by atoms with Crippen LogP contribution < -0.4 is 15.2 Å². The number of nitrogens with two attached hydrogens (primary N) is 1. The first kappa shape index (κ1) is 19.0. The van der Waals surface area contributed by atoms with Crippen molar-refractivity contribution in [3.63, 3.8) is 0 Å². The maximum atomic E-state index is 12.0. The third-order valence-corrected chi connectivity index (χ3v) is 4.63. The second-order valence-corrected chi connectivity index (χ2v) is 7.38. The number of nitrogens with one attached hydrogen (secondary N) is 1. The van der Waals surface area contributed by atoms with Crippen LogP contribution in [-0.4, -0.2) is 20.9 Å². The summed E-state index contributed by atoms with van der Waals surface area (Å²) in [4.78, 5) is 12.0. The van der Waals surface area contributed by atoms with Gasteiger partial charge in [0.05, 0.1) is 24.0 Å². The topological polar surface area (TPSA) is 98.5 Å². The number of rotatable bonds is 7. The van der Waals surface area contributed by atoms with Crippen LogP contribution in [0.15, 0.2) is 53.4 Å². The maximum Gasteiger partial charge on any atom is 0.238 e. The molecule has 0 spiro atoms. The second-order valence-electron chi connectivity index (χ2n) is 5.81. The van der Waals surface area contributed by atoms with Crippen molar-refractivity contribution in [1.29, 1.82) is 0 Å². The summed E-state index contributed by atoms with van der Waals surface area (Å²) in [6.07, 6.45) is 0.230. The number of amides is 1. The normalized spacial score (nSPS) is 12.4. The molecule has 0 aliphatic heterocycles. The maximum absolute atomic E-state index is 12.0. The van der Waals surface area contributed by atoms with E-state index in [2.05, 4.69) is 5.32 Å². The zero-order valence-corrected chi connectivity index (χ0v) is 15.0. The number of aryl methyl sites for hydroxylation is 1. The van der Waals surface area contributed by atoms with Crippen LogP contribution in [0, 0.1) is 6.92 Å². The predicted octanol–water partition coefficient (Wildman–Crippen LogP) is 2.29. The SMILES string of the molecule is Cc1ccc(OCCC(=O)NC(C)c2ccc(S(N)(=O)=O)cc2)cc1. The number of hydrogen-bond acceptors (Lipinski definition) is 4. The number of carbonyl (C=O) groups is 1. The molecule has 7 heteroatoms. The van der Waals surface area contributed by atoms with Crippen molar-refractivity contribution in [2.24, 2.45) is 5.14 Å². The highest BCUT2D eigenvalue weighted by atomic mass is 32.2. The van der Waals surface area contributed by atoms with Crippen LogP contribution in [0.25, 0.3) is 0 Å². The average molecular weight is 362 g/mol. The summed E-state index contributed by atoms with van der Waals surface area (Å²) in [6, 6.07) is 13.5. The second kappa shape index (κ2) is 8.13. The standard InChI is InChI=1S/C18H22N2O4S/c1-13-3-7-16(8-4-13)24-12-11-18(21)20-14(2)15-5-9-17(10-6-15)25(19,22)23/h3-10,14H,11-12H2,1-2H3,(H,20,21)(H2,19,22,23). The molecule has 0 saturated carbocycles. The Hall–Kier alpha value is -2.38. The molecule has 1 unspecified atom stereocenters. The minimum absolute atomic E-state index is 0.0428. The molecule has 1 amide bonds. The van der Waals surface area contributed by atoms with Crippen molar-refractivity contribution in [2.45, 2.75) is 31.2 Å². The summed E-state index contributed by atoms with van der Waals surface area (Å²) >= 11 is 0. The Morgan fingerprint density at radius 3 is 2.28 bits per heavy atom. The Balaban J connectivity index is 1.82. The largest absolute Gasteiger partial charge is 0.493 e. The van der Waals surface area contributed by atoms with E-state index in [4.69, 9.17) is 9.88 Å². The van der Waals surface area contributed by atoms with E-state index in [-0.39, 0.29) is 29.9 Å². The molecule has 3 N–H and O–H groups in total. The number of benzene rings is 2. The lowest BCUT2D eigenvalue weighted by Gasteiger charge is -2.15. The molecule has 25 heavy (non-hydrogen) atoms. The van der Waals surface area contributed by atoms with Crippen LogP contribution in [0.2, 0.25) is 0 Å². The molecule has 0 heterocycles. The van der Waals surface area contributed by atoms with Gasteiger partial charge >= 0.3 is 0 Å². The zero-order chi connectivity index (χ0) is 18.4. The molecule has 0 bridgehead atoms. The molecule has 2 rings (SSSR count). The van der Waals surface area contributed by atoms with Gasteiger partial charge in [0.15, 0.2) is 0 Å². The Morgan fingerprint density at radius 1 is 1.12 bits per heavy atom. The summed E-state index contributed by atoms with van der Waals surface area (Å²) < 4.78 is 28.0. The first-order valence-electron chi connectivity index (χ1n) is 7.87. The van der Waals surface area contributed by atoms with Crippen molar-refractivity contribution in [3.8, 4) is 5.75 Å². The monoisotopic (exact) mass is 362 g/mol. The fourth-order valence-electron chi connectivity index (χ4n) is 2.24. The highest BCUT2D eigenvalue weighted by Crippen LogP contribution is 2.16. The molecule has 1 atom stereocenters. The summed E-state index contributed by atoms with van der Waals surface area (Å²) in [5.74, 6) is 0.583. The van der Waals surface area contributed by atoms with Gasteiger partial charge in [0.1, 0.15) is 5.75 Å². The van der Waals surface area contributed by atoms with Gasteiger partial charge in [-0.25, -0.2) is 13.6 Å². The van der Waals surface area contributed by atoms with Crippen LogP contribution in [0.5, 0.6) is 5.75 Å². The first-order valence-corrected chi connectivity index (χ1v) is 9.42. The molecule has 0 radical (unpaired) electrons. The summed E-state index contributed by atoms with van der Waals surface area (Å²) in [5, 5.41) is 7.91. The van der Waals surface area contributed by atoms with Gasteiger partial charge in [0.2, 0.25) is 15.9 Å². The van der Waals surface area contributed by atoms with Crippen molar-refractivity contribution >= 4 is 15.9 Å². The number of carbonyl (C=O) groups excluding carboxylic acids is 1. The number of ether oxygens (including phenoxy) is 1. The molecule has 134 valence electrons. The lowest BCUT2D eigenvalue weighted by molar-refractivity contribution is -0.122. The fourth-order valence-corrected chi connectivity index (χ4v) is 2.75. The molecule has 6 nitrogen and oxygen atoms in total. The minimum atomic E-state index is -3.71. The fraction of sp³-hybridized carbons (Fsp3) is 0.278. The van der Waals surface area contributed by atoms with Crippen molar-refractivity contribution in [2.75, 3.05) is 6.61 Å². The van der Waals surface area contributed by atoms with Gasteiger partial charge in [0, 0.05) is 0 Å². The van der Waals surface area contributed by atoms with Gasteiger partial charge in [-0.05, 0) is 43.7 Å². The van der Waals surface area contributed by atoms with Crippen molar-refractivity contribution < 1.29 is 17.9 Å². The summed E-state index contributed by atoms with van der Waals surface area (Å²) in [7, 11) is -3.71. The lowest BCUT2D eigenvalue weighted by atomic mass is 10.1. The lowest BCUT2D eigenvalue weighted by Crippen LogP contribution is -2.27. The smallest absolute Gasteiger partial charge is 0.238 e.